The third-order valence-electron chi connectivity index (χ3n) is 5.03. The summed E-state index contributed by atoms with van der Waals surface area (Å²) < 4.78 is 26.7. The predicted octanol–water partition coefficient (Wildman–Crippen LogP) is 3.94. The number of hydroxylamine groups is 2. The van der Waals surface area contributed by atoms with Crippen LogP contribution in [0.5, 0.6) is 0 Å². The van der Waals surface area contributed by atoms with E-state index in [0.29, 0.717) is 31.7 Å². The predicted molar refractivity (Wildman–Crippen MR) is 92.1 cm³/mol. The standard InChI is InChI=1S/C20H20F2N2O2/c21-17-7-6-16(18(22)11-17)10-14-12-23(13-14)20(25)24-19(8-9-26-24)15-4-2-1-3-5-15/h1-7,11,14,19H,8-10,12-13H2/t19-/m0/s1. The first-order chi connectivity index (χ1) is 12.6. The van der Waals surface area contributed by atoms with Crippen molar-refractivity contribution in [2.24, 2.45) is 5.92 Å². The van der Waals surface area contributed by atoms with Gasteiger partial charge in [0.25, 0.3) is 0 Å². The second-order valence-corrected chi connectivity index (χ2v) is 6.87. The highest BCUT2D eigenvalue weighted by molar-refractivity contribution is 5.75. The number of carbonyl (C=O) groups is 1. The van der Waals surface area contributed by atoms with Crippen LogP contribution in [-0.4, -0.2) is 35.7 Å². The number of hydrogen-bond donors (Lipinski definition) is 0. The number of amides is 2. The zero-order valence-corrected chi connectivity index (χ0v) is 14.3. The van der Waals surface area contributed by atoms with Crippen LogP contribution in [0.2, 0.25) is 0 Å². The molecule has 2 aliphatic heterocycles. The zero-order chi connectivity index (χ0) is 18.1. The number of halogens is 2. The number of carbonyl (C=O) groups excluding carboxylic acids is 1. The molecule has 2 saturated heterocycles. The Morgan fingerprint density at radius 3 is 2.62 bits per heavy atom. The van der Waals surface area contributed by atoms with Gasteiger partial charge in [0, 0.05) is 25.6 Å². The van der Waals surface area contributed by atoms with Gasteiger partial charge in [-0.15, -0.1) is 0 Å². The summed E-state index contributed by atoms with van der Waals surface area (Å²) in [6, 6.07) is 13.3. The average Bonchev–Trinajstić information content (AvgIpc) is 3.09. The SMILES string of the molecule is O=C(N1CC(Cc2ccc(F)cc2F)C1)N1OCC[C@H]1c1ccccc1. The molecule has 1 atom stereocenters. The molecule has 0 aromatic heterocycles. The van der Waals surface area contributed by atoms with Crippen LogP contribution in [0.1, 0.15) is 23.6 Å². The highest BCUT2D eigenvalue weighted by Crippen LogP contribution is 2.33. The third-order valence-corrected chi connectivity index (χ3v) is 5.03. The van der Waals surface area contributed by atoms with E-state index in [0.717, 1.165) is 18.1 Å². The van der Waals surface area contributed by atoms with E-state index in [1.165, 1.54) is 17.2 Å². The largest absolute Gasteiger partial charge is 0.344 e. The van der Waals surface area contributed by atoms with Gasteiger partial charge in [-0.1, -0.05) is 36.4 Å². The lowest BCUT2D eigenvalue weighted by atomic mass is 9.92. The van der Waals surface area contributed by atoms with Gasteiger partial charge in [0.15, 0.2) is 0 Å². The zero-order valence-electron chi connectivity index (χ0n) is 14.3. The summed E-state index contributed by atoms with van der Waals surface area (Å²) in [4.78, 5) is 20.0. The summed E-state index contributed by atoms with van der Waals surface area (Å²) in [5, 5.41) is 1.46. The molecule has 0 saturated carbocycles. The van der Waals surface area contributed by atoms with Gasteiger partial charge in [-0.05, 0) is 29.5 Å². The van der Waals surface area contributed by atoms with Crippen molar-refractivity contribution in [3.8, 4) is 0 Å². The Morgan fingerprint density at radius 2 is 1.88 bits per heavy atom. The van der Waals surface area contributed by atoms with Crippen LogP contribution < -0.4 is 0 Å². The molecule has 2 aliphatic rings. The van der Waals surface area contributed by atoms with Crippen LogP contribution in [0.3, 0.4) is 0 Å². The van der Waals surface area contributed by atoms with E-state index < -0.39 is 11.6 Å². The normalized spacial score (nSPS) is 20.3. The van der Waals surface area contributed by atoms with Crippen molar-refractivity contribution in [3.63, 3.8) is 0 Å². The first-order valence-corrected chi connectivity index (χ1v) is 8.82. The third kappa shape index (κ3) is 3.29. The highest BCUT2D eigenvalue weighted by Gasteiger charge is 2.39. The summed E-state index contributed by atoms with van der Waals surface area (Å²) in [7, 11) is 0. The Morgan fingerprint density at radius 1 is 1.12 bits per heavy atom. The molecule has 0 N–H and O–H groups in total. The van der Waals surface area contributed by atoms with E-state index in [1.54, 1.807) is 4.90 Å². The minimum atomic E-state index is -0.574. The van der Waals surface area contributed by atoms with Gasteiger partial charge in [0.2, 0.25) is 0 Å². The number of benzene rings is 2. The quantitative estimate of drug-likeness (QED) is 0.833. The maximum atomic E-state index is 13.8. The highest BCUT2D eigenvalue weighted by atomic mass is 19.1. The molecule has 0 unspecified atom stereocenters. The average molecular weight is 358 g/mol. The summed E-state index contributed by atoms with van der Waals surface area (Å²) in [6.45, 7) is 1.62. The summed E-state index contributed by atoms with van der Waals surface area (Å²) in [5.74, 6) is -0.923. The van der Waals surface area contributed by atoms with Crippen LogP contribution in [0.4, 0.5) is 13.6 Å². The number of rotatable bonds is 3. The second kappa shape index (κ2) is 7.03. The topological polar surface area (TPSA) is 32.8 Å². The molecule has 0 aliphatic carbocycles. The maximum absolute atomic E-state index is 13.8. The fourth-order valence-electron chi connectivity index (χ4n) is 3.63. The van der Waals surface area contributed by atoms with Crippen molar-refractivity contribution in [1.82, 2.24) is 9.96 Å². The van der Waals surface area contributed by atoms with Gasteiger partial charge in [-0.25, -0.2) is 13.6 Å². The lowest BCUT2D eigenvalue weighted by Crippen LogP contribution is -2.55. The van der Waals surface area contributed by atoms with Gasteiger partial charge in [0.1, 0.15) is 11.6 Å². The molecule has 2 fully saturated rings. The molecule has 2 amide bonds. The van der Waals surface area contributed by atoms with E-state index in [4.69, 9.17) is 4.84 Å². The van der Waals surface area contributed by atoms with Crippen LogP contribution in [0.15, 0.2) is 48.5 Å². The van der Waals surface area contributed by atoms with Crippen molar-refractivity contribution in [2.45, 2.75) is 18.9 Å². The molecule has 4 nitrogen and oxygen atoms in total. The van der Waals surface area contributed by atoms with E-state index in [1.807, 2.05) is 30.3 Å². The molecular formula is C20H20F2N2O2. The summed E-state index contributed by atoms with van der Waals surface area (Å²) in [6.07, 6.45) is 1.27. The summed E-state index contributed by atoms with van der Waals surface area (Å²) >= 11 is 0. The van der Waals surface area contributed by atoms with Gasteiger partial charge in [0.05, 0.1) is 12.6 Å². The number of urea groups is 1. The van der Waals surface area contributed by atoms with E-state index in [2.05, 4.69) is 0 Å². The molecule has 0 bridgehead atoms. The molecule has 2 heterocycles. The first-order valence-electron chi connectivity index (χ1n) is 8.82. The smallest absolute Gasteiger partial charge is 0.322 e. The molecule has 2 aromatic carbocycles. The van der Waals surface area contributed by atoms with Crippen molar-refractivity contribution in [3.05, 3.63) is 71.3 Å². The Labute approximate surface area is 150 Å². The van der Waals surface area contributed by atoms with E-state index in [9.17, 15) is 13.6 Å². The molecular weight excluding hydrogens is 338 g/mol. The minimum Gasteiger partial charge on any atom is -0.322 e. The molecule has 4 rings (SSSR count). The monoisotopic (exact) mass is 358 g/mol. The fraction of sp³-hybridized carbons (Fsp3) is 0.350. The second-order valence-electron chi connectivity index (χ2n) is 6.87. The van der Waals surface area contributed by atoms with Crippen molar-refractivity contribution < 1.29 is 18.4 Å². The molecule has 26 heavy (non-hydrogen) atoms. The number of hydrogen-bond acceptors (Lipinski definition) is 2. The van der Waals surface area contributed by atoms with Crippen LogP contribution in [0, 0.1) is 17.6 Å². The molecule has 2 aromatic rings. The van der Waals surface area contributed by atoms with Crippen molar-refractivity contribution in [1.29, 1.82) is 0 Å². The van der Waals surface area contributed by atoms with Crippen molar-refractivity contribution >= 4 is 6.03 Å². The molecule has 6 heteroatoms. The Kier molecular flexibility index (Phi) is 4.59. The van der Waals surface area contributed by atoms with E-state index in [-0.39, 0.29) is 18.0 Å². The van der Waals surface area contributed by atoms with Crippen LogP contribution in [-0.2, 0) is 11.3 Å². The first kappa shape index (κ1) is 17.0. The van der Waals surface area contributed by atoms with Gasteiger partial charge in [-0.3, -0.25) is 4.84 Å². The maximum Gasteiger partial charge on any atom is 0.344 e. The molecule has 136 valence electrons. The number of likely N-dealkylation sites (tertiary alicyclic amines) is 1. The lowest BCUT2D eigenvalue weighted by Gasteiger charge is -2.41. The van der Waals surface area contributed by atoms with Crippen LogP contribution >= 0.6 is 0 Å². The van der Waals surface area contributed by atoms with Gasteiger partial charge >= 0.3 is 6.03 Å². The van der Waals surface area contributed by atoms with Crippen LogP contribution in [0.25, 0.3) is 0 Å². The van der Waals surface area contributed by atoms with Gasteiger partial charge < -0.3 is 4.90 Å². The number of nitrogens with zero attached hydrogens (tertiary/aromatic N) is 2. The minimum absolute atomic E-state index is 0.0720. The Hall–Kier alpha value is -2.47. The Bertz CT molecular complexity index is 794. The molecule has 0 spiro atoms. The van der Waals surface area contributed by atoms with Gasteiger partial charge in [-0.2, -0.15) is 5.06 Å². The fourth-order valence-corrected chi connectivity index (χ4v) is 3.63. The van der Waals surface area contributed by atoms with Crippen molar-refractivity contribution in [2.75, 3.05) is 19.7 Å². The Balaban J connectivity index is 1.35. The van der Waals surface area contributed by atoms with E-state index >= 15 is 0 Å². The molecule has 0 radical (unpaired) electrons. The summed E-state index contributed by atoms with van der Waals surface area (Å²) in [5.41, 5.74) is 1.55. The lowest BCUT2D eigenvalue weighted by molar-refractivity contribution is -0.105.